The number of hydrogen-bond donors (Lipinski definition) is 1. The zero-order valence-corrected chi connectivity index (χ0v) is 18.2. The summed E-state index contributed by atoms with van der Waals surface area (Å²) in [5.74, 6) is 0.0591. The third-order valence-corrected chi connectivity index (χ3v) is 9.18. The van der Waals surface area contributed by atoms with Gasteiger partial charge in [-0.3, -0.25) is 0 Å². The van der Waals surface area contributed by atoms with Crippen molar-refractivity contribution in [1.29, 1.82) is 0 Å². The maximum Gasteiger partial charge on any atom is 0.183 e. The van der Waals surface area contributed by atoms with Crippen molar-refractivity contribution in [2.75, 3.05) is 25.7 Å². The molecule has 0 aromatic heterocycles. The van der Waals surface area contributed by atoms with Crippen molar-refractivity contribution in [3.8, 4) is 11.5 Å². The average molecular weight is 440 g/mol. The summed E-state index contributed by atoms with van der Waals surface area (Å²) in [5.41, 5.74) is 2.05. The van der Waals surface area contributed by atoms with Crippen LogP contribution in [0.5, 0.6) is 11.5 Å². The van der Waals surface area contributed by atoms with E-state index in [9.17, 15) is 16.8 Å². The van der Waals surface area contributed by atoms with E-state index in [2.05, 4.69) is 5.32 Å². The smallest absolute Gasteiger partial charge is 0.183 e. The lowest BCUT2D eigenvalue weighted by atomic mass is 10.1. The van der Waals surface area contributed by atoms with Crippen molar-refractivity contribution in [1.82, 2.24) is 5.32 Å². The molecule has 2 atom stereocenters. The second kappa shape index (κ2) is 8.33. The van der Waals surface area contributed by atoms with Gasteiger partial charge in [0.1, 0.15) is 0 Å². The molecular formula is C20H25NO6S2. The molecule has 0 bridgehead atoms. The van der Waals surface area contributed by atoms with Gasteiger partial charge in [0.15, 0.2) is 31.2 Å². The van der Waals surface area contributed by atoms with Crippen LogP contribution in [0.1, 0.15) is 11.1 Å². The van der Waals surface area contributed by atoms with Crippen LogP contribution in [0.15, 0.2) is 47.4 Å². The molecule has 0 saturated carbocycles. The molecule has 9 heteroatoms. The Hall–Kier alpha value is -2.10. The summed E-state index contributed by atoms with van der Waals surface area (Å²) in [5, 5.41) is 2.07. The predicted octanol–water partition coefficient (Wildman–Crippen LogP) is 1.74. The van der Waals surface area contributed by atoms with E-state index in [1.54, 1.807) is 0 Å². The van der Waals surface area contributed by atoms with Gasteiger partial charge in [-0.15, -0.1) is 0 Å². The number of methoxy groups -OCH3 is 2. The molecule has 1 saturated heterocycles. The van der Waals surface area contributed by atoms with Crippen molar-refractivity contribution in [3.63, 3.8) is 0 Å². The van der Waals surface area contributed by atoms with Gasteiger partial charge in [0.2, 0.25) is 0 Å². The molecule has 2 aromatic carbocycles. The minimum atomic E-state index is -3.91. The van der Waals surface area contributed by atoms with Crippen LogP contribution in [0.25, 0.3) is 0 Å². The van der Waals surface area contributed by atoms with E-state index >= 15 is 0 Å². The zero-order valence-electron chi connectivity index (χ0n) is 16.6. The SMILES string of the molecule is COc1ccc(S(=O)(=O)[C@H]2CS(=O)(=O)C[C@@H]2NCc2cccc(C)c2)cc1OC. The lowest BCUT2D eigenvalue weighted by Gasteiger charge is -2.21. The van der Waals surface area contributed by atoms with Crippen LogP contribution in [-0.2, 0) is 26.2 Å². The highest BCUT2D eigenvalue weighted by molar-refractivity contribution is 7.96. The lowest BCUT2D eigenvalue weighted by molar-refractivity contribution is 0.354. The monoisotopic (exact) mass is 439 g/mol. The second-order valence-electron chi connectivity index (χ2n) is 7.15. The largest absolute Gasteiger partial charge is 0.493 e. The fourth-order valence-electron chi connectivity index (χ4n) is 3.55. The highest BCUT2D eigenvalue weighted by Gasteiger charge is 2.45. The Morgan fingerprint density at radius 3 is 2.41 bits per heavy atom. The van der Waals surface area contributed by atoms with Gasteiger partial charge in [-0.25, -0.2) is 16.8 Å². The number of rotatable bonds is 7. The standard InChI is InChI=1S/C20H25NO6S2/c1-14-5-4-6-15(9-14)11-21-17-12-28(22,23)13-20(17)29(24,25)16-7-8-18(26-2)19(10-16)27-3/h4-10,17,20-21H,11-13H2,1-3H3/t17-,20-/m0/s1. The molecule has 0 aliphatic carbocycles. The lowest BCUT2D eigenvalue weighted by Crippen LogP contribution is -2.43. The van der Waals surface area contributed by atoms with Crippen LogP contribution in [-0.4, -0.2) is 53.9 Å². The zero-order chi connectivity index (χ0) is 21.2. The predicted molar refractivity (Wildman–Crippen MR) is 111 cm³/mol. The van der Waals surface area contributed by atoms with E-state index in [4.69, 9.17) is 9.47 Å². The third kappa shape index (κ3) is 4.73. The van der Waals surface area contributed by atoms with Crippen LogP contribution < -0.4 is 14.8 Å². The van der Waals surface area contributed by atoms with E-state index in [1.807, 2.05) is 31.2 Å². The van der Waals surface area contributed by atoms with Crippen molar-refractivity contribution in [2.45, 2.75) is 29.7 Å². The van der Waals surface area contributed by atoms with Crippen LogP contribution in [0.3, 0.4) is 0 Å². The number of benzene rings is 2. The number of nitrogens with one attached hydrogen (secondary N) is 1. The Morgan fingerprint density at radius 2 is 1.76 bits per heavy atom. The summed E-state index contributed by atoms with van der Waals surface area (Å²) >= 11 is 0. The quantitative estimate of drug-likeness (QED) is 0.702. The molecule has 0 radical (unpaired) electrons. The molecule has 0 amide bonds. The van der Waals surface area contributed by atoms with Gasteiger partial charge in [0, 0.05) is 18.7 Å². The molecule has 29 heavy (non-hydrogen) atoms. The van der Waals surface area contributed by atoms with E-state index in [-0.39, 0.29) is 16.4 Å². The van der Waals surface area contributed by atoms with Crippen molar-refractivity contribution >= 4 is 19.7 Å². The van der Waals surface area contributed by atoms with Gasteiger partial charge in [-0.2, -0.15) is 0 Å². The molecule has 3 rings (SSSR count). The van der Waals surface area contributed by atoms with E-state index < -0.39 is 36.7 Å². The van der Waals surface area contributed by atoms with Crippen LogP contribution in [0.4, 0.5) is 0 Å². The van der Waals surface area contributed by atoms with Gasteiger partial charge >= 0.3 is 0 Å². The first kappa shape index (κ1) is 21.6. The van der Waals surface area contributed by atoms with Crippen LogP contribution in [0.2, 0.25) is 0 Å². The summed E-state index contributed by atoms with van der Waals surface area (Å²) in [6.07, 6.45) is 0. The maximum atomic E-state index is 13.3. The second-order valence-corrected chi connectivity index (χ2v) is 11.5. The summed E-state index contributed by atoms with van der Waals surface area (Å²) in [6, 6.07) is 11.4. The Bertz CT molecular complexity index is 1100. The molecule has 1 fully saturated rings. The molecule has 1 aliphatic rings. The molecule has 158 valence electrons. The summed E-state index contributed by atoms with van der Waals surface area (Å²) in [6.45, 7) is 2.35. The highest BCUT2D eigenvalue weighted by atomic mass is 32.2. The molecular weight excluding hydrogens is 414 g/mol. The summed E-state index contributed by atoms with van der Waals surface area (Å²) in [7, 11) is -4.50. The van der Waals surface area contributed by atoms with Gasteiger partial charge < -0.3 is 14.8 Å². The van der Waals surface area contributed by atoms with Gasteiger partial charge in [0.25, 0.3) is 0 Å². The Kier molecular flexibility index (Phi) is 6.21. The number of aryl methyl sites for hydroxylation is 1. The van der Waals surface area contributed by atoms with Crippen molar-refractivity contribution in [2.24, 2.45) is 0 Å². The minimum absolute atomic E-state index is 0.0135. The van der Waals surface area contributed by atoms with Crippen LogP contribution in [0, 0.1) is 6.92 Å². The molecule has 2 aromatic rings. The van der Waals surface area contributed by atoms with E-state index in [0.29, 0.717) is 12.3 Å². The Balaban J connectivity index is 1.89. The number of ether oxygens (including phenoxy) is 2. The molecule has 1 N–H and O–H groups in total. The molecule has 1 aliphatic heterocycles. The van der Waals surface area contributed by atoms with Crippen molar-refractivity contribution in [3.05, 3.63) is 53.6 Å². The first-order chi connectivity index (χ1) is 13.7. The first-order valence-electron chi connectivity index (χ1n) is 9.11. The average Bonchev–Trinajstić information content (AvgIpc) is 3.01. The fraction of sp³-hybridized carbons (Fsp3) is 0.400. The molecule has 7 nitrogen and oxygen atoms in total. The normalized spacial score (nSPS) is 21.1. The topological polar surface area (TPSA) is 98.8 Å². The van der Waals surface area contributed by atoms with E-state index in [0.717, 1.165) is 11.1 Å². The Morgan fingerprint density at radius 1 is 1.03 bits per heavy atom. The molecule has 1 heterocycles. The minimum Gasteiger partial charge on any atom is -0.493 e. The number of sulfone groups is 2. The van der Waals surface area contributed by atoms with Gasteiger partial charge in [0.05, 0.1) is 35.9 Å². The summed E-state index contributed by atoms with van der Waals surface area (Å²) < 4.78 is 61.4. The fourth-order valence-corrected chi connectivity index (χ4v) is 8.28. The van der Waals surface area contributed by atoms with Gasteiger partial charge in [-0.1, -0.05) is 29.8 Å². The van der Waals surface area contributed by atoms with Crippen LogP contribution >= 0.6 is 0 Å². The van der Waals surface area contributed by atoms with Gasteiger partial charge in [-0.05, 0) is 24.6 Å². The molecule has 0 unspecified atom stereocenters. The third-order valence-electron chi connectivity index (χ3n) is 5.03. The Labute approximate surface area is 171 Å². The van der Waals surface area contributed by atoms with E-state index in [1.165, 1.54) is 32.4 Å². The molecule has 0 spiro atoms. The maximum absolute atomic E-state index is 13.3. The highest BCUT2D eigenvalue weighted by Crippen LogP contribution is 2.33. The number of hydrogen-bond acceptors (Lipinski definition) is 7. The first-order valence-corrected chi connectivity index (χ1v) is 12.5. The van der Waals surface area contributed by atoms with Crippen molar-refractivity contribution < 1.29 is 26.3 Å². The summed E-state index contributed by atoms with van der Waals surface area (Å²) in [4.78, 5) is 0.0135.